The van der Waals surface area contributed by atoms with Crippen molar-refractivity contribution in [2.45, 2.75) is 39.5 Å². The fraction of sp³-hybridized carbons (Fsp3) is 0.680. The zero-order valence-corrected chi connectivity index (χ0v) is 20.1. The predicted octanol–water partition coefficient (Wildman–Crippen LogP) is 3.96. The van der Waals surface area contributed by atoms with E-state index in [2.05, 4.69) is 29.2 Å². The molecule has 0 radical (unpaired) electrons. The molecule has 0 unspecified atom stereocenters. The number of esters is 1. The first-order valence-electron chi connectivity index (χ1n) is 12.1. The van der Waals surface area contributed by atoms with Gasteiger partial charge in [-0.05, 0) is 62.7 Å². The Morgan fingerprint density at radius 3 is 2.73 bits per heavy atom. The largest absolute Gasteiger partial charge is 0.492 e. The van der Waals surface area contributed by atoms with Crippen molar-refractivity contribution in [1.29, 1.82) is 0 Å². The summed E-state index contributed by atoms with van der Waals surface area (Å²) in [5.41, 5.74) is 0.308. The fourth-order valence-corrected chi connectivity index (χ4v) is 4.88. The normalized spacial score (nSPS) is 19.6. The van der Waals surface area contributed by atoms with E-state index in [1.807, 2.05) is 18.2 Å². The van der Waals surface area contributed by atoms with Crippen LogP contribution in [0.25, 0.3) is 11.0 Å². The summed E-state index contributed by atoms with van der Waals surface area (Å²) in [6.07, 6.45) is 3.63. The molecule has 33 heavy (non-hydrogen) atoms. The van der Waals surface area contributed by atoms with Gasteiger partial charge in [0.25, 0.3) is 0 Å². The van der Waals surface area contributed by atoms with Gasteiger partial charge in [-0.3, -0.25) is 4.79 Å². The molecule has 4 rings (SSSR count). The highest BCUT2D eigenvalue weighted by molar-refractivity contribution is 5.93. The van der Waals surface area contributed by atoms with Gasteiger partial charge in [0, 0.05) is 26.3 Å². The van der Waals surface area contributed by atoms with Crippen molar-refractivity contribution in [3.63, 3.8) is 0 Å². The summed E-state index contributed by atoms with van der Waals surface area (Å²) in [6.45, 7) is 9.73. The number of nitrogens with zero attached hydrogens (tertiary/aromatic N) is 2. The minimum Gasteiger partial charge on any atom is -0.492 e. The lowest BCUT2D eigenvalue weighted by Crippen LogP contribution is -2.49. The number of rotatable bonds is 9. The average Bonchev–Trinajstić information content (AvgIpc) is 3.26. The van der Waals surface area contributed by atoms with E-state index in [0.717, 1.165) is 74.4 Å². The molecule has 0 atom stereocenters. The van der Waals surface area contributed by atoms with E-state index in [1.54, 1.807) is 0 Å². The molecule has 1 aromatic carbocycles. The van der Waals surface area contributed by atoms with Crippen molar-refractivity contribution in [3.8, 4) is 5.75 Å². The van der Waals surface area contributed by atoms with Gasteiger partial charge in [0.15, 0.2) is 11.4 Å². The van der Waals surface area contributed by atoms with Gasteiger partial charge in [0.1, 0.15) is 11.1 Å². The summed E-state index contributed by atoms with van der Waals surface area (Å²) >= 11 is 0. The first-order valence-corrected chi connectivity index (χ1v) is 12.1. The third-order valence-corrected chi connectivity index (χ3v) is 6.89. The number of ether oxygens (including phenoxy) is 3. The van der Waals surface area contributed by atoms with Gasteiger partial charge in [0.05, 0.1) is 19.1 Å². The Morgan fingerprint density at radius 1 is 1.27 bits per heavy atom. The average molecular weight is 460 g/mol. The van der Waals surface area contributed by atoms with Crippen molar-refractivity contribution in [2.24, 2.45) is 17.3 Å². The van der Waals surface area contributed by atoms with Gasteiger partial charge in [-0.25, -0.2) is 0 Å². The lowest BCUT2D eigenvalue weighted by atomic mass is 9.79. The molecule has 1 aromatic heterocycles. The first-order chi connectivity index (χ1) is 16.0. The quantitative estimate of drug-likeness (QED) is 0.564. The Bertz CT molecular complexity index is 914. The van der Waals surface area contributed by atoms with Crippen LogP contribution in [-0.2, 0) is 14.3 Å². The molecule has 1 N–H and O–H groups in total. The monoisotopic (exact) mass is 459 g/mol. The topological polar surface area (TPSA) is 86.1 Å². The molecule has 0 saturated carbocycles. The first kappa shape index (κ1) is 23.8. The molecule has 2 aliphatic heterocycles. The summed E-state index contributed by atoms with van der Waals surface area (Å²) in [4.78, 5) is 15.0. The number of likely N-dealkylation sites (tertiary alicyclic amines) is 1. The number of aromatic nitrogens is 1. The number of fused-ring (bicyclic) bond motifs is 1. The van der Waals surface area contributed by atoms with Gasteiger partial charge in [-0.1, -0.05) is 25.1 Å². The number of hydrogen-bond acceptors (Lipinski definition) is 8. The standard InChI is InChI=1S/C25H37N3O5/c1-18(2)16-32-20-5-4-6-21-22(20)23(27-33-21)26-15-19-7-11-28(12-8-19)17-25(24(29)30-3)9-13-31-14-10-25/h4-6,18-19H,7-17H2,1-3H3,(H,26,27). The van der Waals surface area contributed by atoms with Crippen LogP contribution < -0.4 is 10.1 Å². The minimum atomic E-state index is -0.426. The van der Waals surface area contributed by atoms with E-state index in [1.165, 1.54) is 7.11 Å². The molecule has 2 fully saturated rings. The molecular weight excluding hydrogens is 422 g/mol. The van der Waals surface area contributed by atoms with Gasteiger partial charge in [0.2, 0.25) is 0 Å². The van der Waals surface area contributed by atoms with Crippen LogP contribution in [0.4, 0.5) is 5.82 Å². The number of carbonyl (C=O) groups excluding carboxylic acids is 1. The van der Waals surface area contributed by atoms with E-state index in [0.29, 0.717) is 31.7 Å². The molecule has 0 aliphatic carbocycles. The van der Waals surface area contributed by atoms with Crippen LogP contribution in [0.5, 0.6) is 5.75 Å². The number of hydrogen-bond donors (Lipinski definition) is 1. The molecule has 182 valence electrons. The summed E-state index contributed by atoms with van der Waals surface area (Å²) in [5, 5.41) is 8.67. The van der Waals surface area contributed by atoms with E-state index >= 15 is 0 Å². The van der Waals surface area contributed by atoms with Gasteiger partial charge < -0.3 is 29.0 Å². The zero-order chi connectivity index (χ0) is 23.3. The number of piperidine rings is 1. The molecule has 2 aliphatic rings. The van der Waals surface area contributed by atoms with Crippen LogP contribution in [0.2, 0.25) is 0 Å². The summed E-state index contributed by atoms with van der Waals surface area (Å²) in [7, 11) is 1.49. The number of carbonyl (C=O) groups is 1. The van der Waals surface area contributed by atoms with Crippen LogP contribution in [0.1, 0.15) is 39.5 Å². The molecule has 0 amide bonds. The van der Waals surface area contributed by atoms with Crippen LogP contribution in [0, 0.1) is 17.3 Å². The molecule has 0 bridgehead atoms. The third kappa shape index (κ3) is 5.61. The molecule has 3 heterocycles. The van der Waals surface area contributed by atoms with Crippen LogP contribution in [0.3, 0.4) is 0 Å². The van der Waals surface area contributed by atoms with E-state index in [9.17, 15) is 4.79 Å². The van der Waals surface area contributed by atoms with E-state index in [4.69, 9.17) is 18.7 Å². The summed E-state index contributed by atoms with van der Waals surface area (Å²) in [5.74, 6) is 2.45. The summed E-state index contributed by atoms with van der Waals surface area (Å²) in [6, 6.07) is 5.82. The fourth-order valence-electron chi connectivity index (χ4n) is 4.88. The number of benzene rings is 1. The van der Waals surface area contributed by atoms with Crippen molar-refractivity contribution >= 4 is 22.8 Å². The van der Waals surface area contributed by atoms with Gasteiger partial charge in [-0.2, -0.15) is 0 Å². The molecule has 8 nitrogen and oxygen atoms in total. The molecule has 2 aromatic rings. The Labute approximate surface area is 195 Å². The van der Waals surface area contributed by atoms with Crippen LogP contribution >= 0.6 is 0 Å². The van der Waals surface area contributed by atoms with Crippen LogP contribution in [-0.4, -0.2) is 69.1 Å². The highest BCUT2D eigenvalue weighted by atomic mass is 16.5. The van der Waals surface area contributed by atoms with E-state index < -0.39 is 5.41 Å². The Hall–Kier alpha value is -2.32. The van der Waals surface area contributed by atoms with E-state index in [-0.39, 0.29) is 5.97 Å². The highest BCUT2D eigenvalue weighted by Crippen LogP contribution is 2.35. The molecule has 2 saturated heterocycles. The molecule has 0 spiro atoms. The maximum absolute atomic E-state index is 12.5. The maximum Gasteiger partial charge on any atom is 0.313 e. The Kier molecular flexibility index (Phi) is 7.75. The number of nitrogens with one attached hydrogen (secondary N) is 1. The lowest BCUT2D eigenvalue weighted by Gasteiger charge is -2.41. The van der Waals surface area contributed by atoms with Gasteiger partial charge in [-0.15, -0.1) is 0 Å². The smallest absolute Gasteiger partial charge is 0.313 e. The predicted molar refractivity (Wildman–Crippen MR) is 126 cm³/mol. The lowest BCUT2D eigenvalue weighted by molar-refractivity contribution is -0.160. The highest BCUT2D eigenvalue weighted by Gasteiger charge is 2.43. The number of methoxy groups -OCH3 is 1. The summed E-state index contributed by atoms with van der Waals surface area (Å²) < 4.78 is 22.2. The van der Waals surface area contributed by atoms with Crippen molar-refractivity contribution in [2.75, 3.05) is 58.4 Å². The Balaban J connectivity index is 1.32. The maximum atomic E-state index is 12.5. The molecular formula is C25H37N3O5. The third-order valence-electron chi connectivity index (χ3n) is 6.89. The second-order valence-electron chi connectivity index (χ2n) is 9.85. The second kappa shape index (κ2) is 10.7. The van der Waals surface area contributed by atoms with Crippen molar-refractivity contribution < 1.29 is 23.5 Å². The van der Waals surface area contributed by atoms with Crippen LogP contribution in [0.15, 0.2) is 22.7 Å². The Morgan fingerprint density at radius 2 is 2.03 bits per heavy atom. The zero-order valence-electron chi connectivity index (χ0n) is 20.1. The minimum absolute atomic E-state index is 0.0945. The number of anilines is 1. The van der Waals surface area contributed by atoms with Crippen molar-refractivity contribution in [1.82, 2.24) is 10.1 Å². The second-order valence-corrected chi connectivity index (χ2v) is 9.85. The molecule has 8 heteroatoms. The van der Waals surface area contributed by atoms with Gasteiger partial charge >= 0.3 is 5.97 Å². The van der Waals surface area contributed by atoms with Crippen molar-refractivity contribution in [3.05, 3.63) is 18.2 Å². The SMILES string of the molecule is COC(=O)C1(CN2CCC(CNc3noc4cccc(OCC(C)C)c34)CC2)CCOCC1.